The minimum absolute atomic E-state index is 0.0182. The van der Waals surface area contributed by atoms with E-state index in [2.05, 4.69) is 11.4 Å². The Morgan fingerprint density at radius 1 is 1.12 bits per heavy atom. The van der Waals surface area contributed by atoms with Crippen LogP contribution in [0.1, 0.15) is 22.3 Å². The lowest BCUT2D eigenvalue weighted by atomic mass is 9.96. The molecular weight excluding hydrogens is 441 g/mol. The molecule has 7 heteroatoms. The summed E-state index contributed by atoms with van der Waals surface area (Å²) in [6.45, 7) is 1.04. The van der Waals surface area contributed by atoms with Crippen LogP contribution in [0, 0.1) is 5.82 Å². The molecule has 33 heavy (non-hydrogen) atoms. The molecule has 0 aliphatic carbocycles. The van der Waals surface area contributed by atoms with Gasteiger partial charge in [-0.3, -0.25) is 0 Å². The number of benzene rings is 3. The molecule has 3 N–H and O–H groups in total. The summed E-state index contributed by atoms with van der Waals surface area (Å²) >= 11 is 1.31. The fourth-order valence-electron chi connectivity index (χ4n) is 3.79. The molecule has 0 bridgehead atoms. The van der Waals surface area contributed by atoms with E-state index in [1.807, 2.05) is 24.3 Å². The maximum absolute atomic E-state index is 13.7. The van der Waals surface area contributed by atoms with Crippen LogP contribution in [0.5, 0.6) is 5.75 Å². The SMILES string of the molecule is O=C(O)c1ccc(-c2ccc3c(c2)CCC(CNCC(O)CSc2ccccc2F)O3)cc1. The number of aliphatic hydroxyl groups is 1. The molecule has 0 saturated heterocycles. The van der Waals surface area contributed by atoms with Gasteiger partial charge in [-0.1, -0.05) is 30.3 Å². The molecule has 1 heterocycles. The van der Waals surface area contributed by atoms with Gasteiger partial charge in [-0.25, -0.2) is 9.18 Å². The summed E-state index contributed by atoms with van der Waals surface area (Å²) in [5.41, 5.74) is 3.40. The zero-order valence-corrected chi connectivity index (χ0v) is 18.9. The average Bonchev–Trinajstić information content (AvgIpc) is 2.83. The van der Waals surface area contributed by atoms with E-state index in [-0.39, 0.29) is 17.5 Å². The number of halogens is 1. The maximum Gasteiger partial charge on any atom is 0.335 e. The molecule has 0 saturated carbocycles. The number of nitrogens with one attached hydrogen (secondary N) is 1. The minimum atomic E-state index is -0.934. The van der Waals surface area contributed by atoms with Gasteiger partial charge >= 0.3 is 5.97 Å². The number of aliphatic hydroxyl groups excluding tert-OH is 1. The van der Waals surface area contributed by atoms with Crippen molar-refractivity contribution < 1.29 is 24.1 Å². The third-order valence-corrected chi connectivity index (χ3v) is 6.77. The Kier molecular flexibility index (Phi) is 7.65. The van der Waals surface area contributed by atoms with Crippen LogP contribution in [0.3, 0.4) is 0 Å². The molecule has 0 fully saturated rings. The van der Waals surface area contributed by atoms with E-state index in [0.29, 0.717) is 23.7 Å². The lowest BCUT2D eigenvalue weighted by Gasteiger charge is -2.27. The van der Waals surface area contributed by atoms with Crippen molar-refractivity contribution in [2.45, 2.75) is 29.9 Å². The number of fused-ring (bicyclic) bond motifs is 1. The van der Waals surface area contributed by atoms with E-state index in [1.54, 1.807) is 30.3 Å². The standard InChI is InChI=1S/C26H26FNO4S/c27-23-3-1-2-4-25(23)33-16-21(29)14-28-15-22-11-9-20-13-19(10-12-24(20)32-22)17-5-7-18(8-6-17)26(30)31/h1-8,10,12-13,21-22,28-29H,9,11,14-16H2,(H,30,31). The number of ether oxygens (including phenoxy) is 1. The van der Waals surface area contributed by atoms with E-state index in [0.717, 1.165) is 35.3 Å². The quantitative estimate of drug-likeness (QED) is 0.399. The van der Waals surface area contributed by atoms with Crippen molar-refractivity contribution in [3.8, 4) is 16.9 Å². The van der Waals surface area contributed by atoms with Crippen molar-refractivity contribution >= 4 is 17.7 Å². The van der Waals surface area contributed by atoms with E-state index in [4.69, 9.17) is 9.84 Å². The van der Waals surface area contributed by atoms with E-state index >= 15 is 0 Å². The predicted octanol–water partition coefficient (Wildman–Crippen LogP) is 4.63. The van der Waals surface area contributed by atoms with Crippen LogP contribution < -0.4 is 10.1 Å². The molecule has 2 unspecified atom stereocenters. The number of rotatable bonds is 9. The number of aryl methyl sites for hydroxylation is 1. The van der Waals surface area contributed by atoms with Crippen molar-refractivity contribution in [2.75, 3.05) is 18.8 Å². The third-order valence-electron chi connectivity index (χ3n) is 5.57. The number of carbonyl (C=O) groups is 1. The molecule has 0 spiro atoms. The second-order valence-corrected chi connectivity index (χ2v) is 9.10. The molecule has 3 aromatic rings. The summed E-state index contributed by atoms with van der Waals surface area (Å²) < 4.78 is 19.8. The molecule has 172 valence electrons. The monoisotopic (exact) mass is 467 g/mol. The first-order chi connectivity index (χ1) is 16.0. The number of hydrogen-bond acceptors (Lipinski definition) is 5. The number of aromatic carboxylic acids is 1. The Morgan fingerprint density at radius 3 is 2.64 bits per heavy atom. The van der Waals surface area contributed by atoms with Crippen LogP contribution in [-0.2, 0) is 6.42 Å². The summed E-state index contributed by atoms with van der Waals surface area (Å²) in [4.78, 5) is 11.6. The highest BCUT2D eigenvalue weighted by molar-refractivity contribution is 7.99. The van der Waals surface area contributed by atoms with Crippen molar-refractivity contribution in [3.05, 3.63) is 83.7 Å². The van der Waals surface area contributed by atoms with Gasteiger partial charge in [0.2, 0.25) is 0 Å². The van der Waals surface area contributed by atoms with E-state index < -0.39 is 12.1 Å². The normalized spacial score (nSPS) is 16.0. The van der Waals surface area contributed by atoms with Gasteiger partial charge in [-0.15, -0.1) is 11.8 Å². The van der Waals surface area contributed by atoms with Crippen molar-refractivity contribution in [2.24, 2.45) is 0 Å². The minimum Gasteiger partial charge on any atom is -0.489 e. The van der Waals surface area contributed by atoms with Crippen LogP contribution in [-0.4, -0.2) is 47.2 Å². The summed E-state index contributed by atoms with van der Waals surface area (Å²) in [5, 5.41) is 22.5. The van der Waals surface area contributed by atoms with Gasteiger partial charge < -0.3 is 20.3 Å². The summed E-state index contributed by atoms with van der Waals surface area (Å²) in [6.07, 6.45) is 1.18. The molecule has 0 amide bonds. The third kappa shape index (κ3) is 6.13. The van der Waals surface area contributed by atoms with Crippen molar-refractivity contribution in [3.63, 3.8) is 0 Å². The molecule has 1 aliphatic rings. The summed E-state index contributed by atoms with van der Waals surface area (Å²) in [6, 6.07) is 19.5. The lowest BCUT2D eigenvalue weighted by Crippen LogP contribution is -2.38. The van der Waals surface area contributed by atoms with Gasteiger partial charge in [0.05, 0.1) is 11.7 Å². The van der Waals surface area contributed by atoms with Crippen LogP contribution in [0.15, 0.2) is 71.6 Å². The second-order valence-electron chi connectivity index (χ2n) is 8.04. The van der Waals surface area contributed by atoms with Gasteiger partial charge in [-0.05, 0) is 65.9 Å². The molecule has 3 aromatic carbocycles. The number of carboxylic acids is 1. The molecule has 4 rings (SSSR count). The van der Waals surface area contributed by atoms with Gasteiger partial charge in [0.15, 0.2) is 0 Å². The lowest BCUT2D eigenvalue weighted by molar-refractivity contribution is 0.0697. The van der Waals surface area contributed by atoms with E-state index in [9.17, 15) is 14.3 Å². The summed E-state index contributed by atoms with van der Waals surface area (Å²) in [5.74, 6) is 0.0711. The highest BCUT2D eigenvalue weighted by atomic mass is 32.2. The predicted molar refractivity (Wildman–Crippen MR) is 128 cm³/mol. The van der Waals surface area contributed by atoms with Gasteiger partial charge in [0, 0.05) is 23.7 Å². The molecule has 0 radical (unpaired) electrons. The Labute approximate surface area is 196 Å². The van der Waals surface area contributed by atoms with Gasteiger partial charge in [0.1, 0.15) is 17.7 Å². The highest BCUT2D eigenvalue weighted by Gasteiger charge is 2.20. The van der Waals surface area contributed by atoms with Gasteiger partial charge in [-0.2, -0.15) is 0 Å². The van der Waals surface area contributed by atoms with Crippen LogP contribution in [0.25, 0.3) is 11.1 Å². The molecule has 0 aromatic heterocycles. The Hall–Kier alpha value is -2.87. The average molecular weight is 468 g/mol. The largest absolute Gasteiger partial charge is 0.489 e. The number of thioether (sulfide) groups is 1. The molecular formula is C26H26FNO4S. The van der Waals surface area contributed by atoms with Crippen LogP contribution in [0.2, 0.25) is 0 Å². The van der Waals surface area contributed by atoms with E-state index in [1.165, 1.54) is 17.8 Å². The molecule has 5 nitrogen and oxygen atoms in total. The number of carboxylic acid groups (broad SMARTS) is 1. The molecule has 2 atom stereocenters. The highest BCUT2D eigenvalue weighted by Crippen LogP contribution is 2.32. The van der Waals surface area contributed by atoms with Gasteiger partial charge in [0.25, 0.3) is 0 Å². The van der Waals surface area contributed by atoms with Crippen LogP contribution in [0.4, 0.5) is 4.39 Å². The first kappa shape index (κ1) is 23.3. The topological polar surface area (TPSA) is 78.8 Å². The zero-order valence-electron chi connectivity index (χ0n) is 18.0. The second kappa shape index (κ2) is 10.8. The van der Waals surface area contributed by atoms with Crippen molar-refractivity contribution in [1.82, 2.24) is 5.32 Å². The Morgan fingerprint density at radius 2 is 1.88 bits per heavy atom. The first-order valence-electron chi connectivity index (χ1n) is 10.9. The first-order valence-corrected chi connectivity index (χ1v) is 11.9. The number of hydrogen-bond donors (Lipinski definition) is 3. The Balaban J connectivity index is 1.25. The smallest absolute Gasteiger partial charge is 0.335 e. The fourth-order valence-corrected chi connectivity index (χ4v) is 4.66. The Bertz CT molecular complexity index is 1110. The maximum atomic E-state index is 13.7. The molecule has 1 aliphatic heterocycles. The zero-order chi connectivity index (χ0) is 23.2. The fraction of sp³-hybridized carbons (Fsp3) is 0.269. The summed E-state index contributed by atoms with van der Waals surface area (Å²) in [7, 11) is 0. The van der Waals surface area contributed by atoms with Crippen molar-refractivity contribution in [1.29, 1.82) is 0 Å². The van der Waals surface area contributed by atoms with Crippen LogP contribution >= 0.6 is 11.8 Å².